The molecule has 2 heterocycles. The molecular weight excluding hydrogens is 426 g/mol. The molecule has 0 atom stereocenters. The number of hydrogen-bond donors (Lipinski definition) is 0. The van der Waals surface area contributed by atoms with E-state index in [1.54, 1.807) is 6.20 Å². The maximum absolute atomic E-state index is 6.15. The van der Waals surface area contributed by atoms with Gasteiger partial charge in [0.2, 0.25) is 0 Å². The van der Waals surface area contributed by atoms with Gasteiger partial charge in [0, 0.05) is 29.4 Å². The number of nitrogens with zero attached hydrogens (tertiary/aromatic N) is 3. The molecule has 4 rings (SSSR count). The van der Waals surface area contributed by atoms with E-state index in [0.29, 0.717) is 30.7 Å². The zero-order valence-electron chi connectivity index (χ0n) is 18.3. The van der Waals surface area contributed by atoms with Crippen LogP contribution in [0.2, 0.25) is 5.02 Å². The van der Waals surface area contributed by atoms with Gasteiger partial charge < -0.3 is 13.9 Å². The van der Waals surface area contributed by atoms with E-state index in [4.69, 9.17) is 30.5 Å². The van der Waals surface area contributed by atoms with Crippen molar-refractivity contribution in [1.29, 1.82) is 0 Å². The second-order valence-electron chi connectivity index (χ2n) is 7.37. The number of halogens is 1. The van der Waals surface area contributed by atoms with E-state index in [1.807, 2.05) is 66.2 Å². The Kier molecular flexibility index (Phi) is 7.12. The van der Waals surface area contributed by atoms with Crippen LogP contribution in [0.1, 0.15) is 31.4 Å². The fourth-order valence-corrected chi connectivity index (χ4v) is 3.47. The van der Waals surface area contributed by atoms with Gasteiger partial charge in [0.15, 0.2) is 11.5 Å². The molecule has 7 heteroatoms. The highest BCUT2D eigenvalue weighted by Gasteiger charge is 2.17. The van der Waals surface area contributed by atoms with Gasteiger partial charge in [-0.25, -0.2) is 4.98 Å². The molecule has 0 saturated heterocycles. The van der Waals surface area contributed by atoms with Gasteiger partial charge in [-0.2, -0.15) is 4.98 Å². The summed E-state index contributed by atoms with van der Waals surface area (Å²) in [7, 11) is 0. The Labute approximate surface area is 192 Å². The fourth-order valence-electron chi connectivity index (χ4n) is 3.34. The molecule has 0 saturated carbocycles. The van der Waals surface area contributed by atoms with Crippen LogP contribution in [-0.2, 0) is 6.42 Å². The highest BCUT2D eigenvalue weighted by molar-refractivity contribution is 6.30. The van der Waals surface area contributed by atoms with Crippen LogP contribution in [0.3, 0.4) is 0 Å². The summed E-state index contributed by atoms with van der Waals surface area (Å²) in [6, 6.07) is 15.9. The summed E-state index contributed by atoms with van der Waals surface area (Å²) in [5, 5.41) is 0.682. The Morgan fingerprint density at radius 2 is 1.72 bits per heavy atom. The number of para-hydroxylation sites is 2. The molecule has 0 aliphatic carbocycles. The molecule has 0 radical (unpaired) electrons. The zero-order chi connectivity index (χ0) is 22.3. The van der Waals surface area contributed by atoms with Gasteiger partial charge in [-0.15, -0.1) is 0 Å². The predicted molar refractivity (Wildman–Crippen MR) is 125 cm³/mol. The van der Waals surface area contributed by atoms with Gasteiger partial charge in [-0.3, -0.25) is 4.57 Å². The average Bonchev–Trinajstić information content (AvgIpc) is 3.42. The number of oxazole rings is 1. The van der Waals surface area contributed by atoms with E-state index in [1.165, 1.54) is 0 Å². The first kappa shape index (κ1) is 22.0. The van der Waals surface area contributed by atoms with Gasteiger partial charge >= 0.3 is 6.01 Å². The highest BCUT2D eigenvalue weighted by Crippen LogP contribution is 2.29. The summed E-state index contributed by atoms with van der Waals surface area (Å²) >= 11 is 6.07. The van der Waals surface area contributed by atoms with Crippen molar-refractivity contribution in [2.45, 2.75) is 33.1 Å². The molecule has 2 aromatic carbocycles. The van der Waals surface area contributed by atoms with E-state index >= 15 is 0 Å². The number of imidazole rings is 1. The fraction of sp³-hybridized carbons (Fsp3) is 0.280. The molecule has 4 aromatic rings. The topological polar surface area (TPSA) is 62.3 Å². The lowest BCUT2D eigenvalue weighted by Crippen LogP contribution is -2.03. The SMILES string of the molecule is CCCOc1ccccc1OCCCc1oc(-n2ccnc2C)nc1-c1ccc(Cl)cc1. The maximum atomic E-state index is 6.15. The van der Waals surface area contributed by atoms with Gasteiger partial charge in [-0.1, -0.05) is 42.8 Å². The third-order valence-electron chi connectivity index (χ3n) is 4.95. The Hall–Kier alpha value is -3.25. The molecular formula is C25H26ClN3O3. The number of benzene rings is 2. The summed E-state index contributed by atoms with van der Waals surface area (Å²) in [6.45, 7) is 5.20. The largest absolute Gasteiger partial charge is 0.490 e. The average molecular weight is 452 g/mol. The molecule has 6 nitrogen and oxygen atoms in total. The Balaban J connectivity index is 1.49. The Morgan fingerprint density at radius 1 is 1.00 bits per heavy atom. The minimum Gasteiger partial charge on any atom is -0.490 e. The van der Waals surface area contributed by atoms with Crippen molar-refractivity contribution in [1.82, 2.24) is 14.5 Å². The smallest absolute Gasteiger partial charge is 0.307 e. The molecule has 0 aliphatic heterocycles. The number of ether oxygens (including phenoxy) is 2. The van der Waals surface area contributed by atoms with Gasteiger partial charge in [-0.05, 0) is 44.0 Å². The summed E-state index contributed by atoms with van der Waals surface area (Å²) < 4.78 is 19.8. The van der Waals surface area contributed by atoms with Crippen LogP contribution in [-0.4, -0.2) is 27.7 Å². The third kappa shape index (κ3) is 5.14. The van der Waals surface area contributed by atoms with Crippen molar-refractivity contribution in [3.63, 3.8) is 0 Å². The van der Waals surface area contributed by atoms with Crippen LogP contribution in [0, 0.1) is 6.92 Å². The lowest BCUT2D eigenvalue weighted by Gasteiger charge is -2.12. The van der Waals surface area contributed by atoms with Crippen LogP contribution >= 0.6 is 11.6 Å². The number of rotatable bonds is 10. The lowest BCUT2D eigenvalue weighted by atomic mass is 10.1. The molecule has 2 aromatic heterocycles. The number of aryl methyl sites for hydroxylation is 2. The summed E-state index contributed by atoms with van der Waals surface area (Å²) in [4.78, 5) is 9.02. The number of aromatic nitrogens is 3. The minimum atomic E-state index is 0.499. The van der Waals surface area contributed by atoms with Crippen molar-refractivity contribution in [2.75, 3.05) is 13.2 Å². The zero-order valence-corrected chi connectivity index (χ0v) is 19.0. The normalized spacial score (nSPS) is 11.0. The second-order valence-corrected chi connectivity index (χ2v) is 7.80. The van der Waals surface area contributed by atoms with Crippen LogP contribution in [0.4, 0.5) is 0 Å². The quantitative estimate of drug-likeness (QED) is 0.265. The Morgan fingerprint density at radius 3 is 2.38 bits per heavy atom. The Bertz CT molecular complexity index is 1150. The van der Waals surface area contributed by atoms with Crippen molar-refractivity contribution in [3.05, 3.63) is 77.5 Å². The standard InChI is InChI=1S/C25H26ClN3O3/c1-3-16-30-21-7-4-5-8-22(21)31-17-6-9-23-24(19-10-12-20(26)13-11-19)28-25(32-23)29-15-14-27-18(29)2/h4-5,7-8,10-15H,3,6,9,16-17H2,1-2H3. The van der Waals surface area contributed by atoms with Gasteiger partial charge in [0.25, 0.3) is 0 Å². The molecule has 0 spiro atoms. The molecule has 0 aliphatic rings. The van der Waals surface area contributed by atoms with Crippen LogP contribution < -0.4 is 9.47 Å². The van der Waals surface area contributed by atoms with Crippen molar-refractivity contribution < 1.29 is 13.9 Å². The lowest BCUT2D eigenvalue weighted by molar-refractivity contribution is 0.264. The van der Waals surface area contributed by atoms with Crippen molar-refractivity contribution >= 4 is 11.6 Å². The molecule has 0 fully saturated rings. The summed E-state index contributed by atoms with van der Waals surface area (Å²) in [6.07, 6.45) is 5.96. The van der Waals surface area contributed by atoms with Crippen molar-refractivity contribution in [2.24, 2.45) is 0 Å². The second kappa shape index (κ2) is 10.4. The molecule has 0 unspecified atom stereocenters. The van der Waals surface area contributed by atoms with Crippen molar-refractivity contribution in [3.8, 4) is 28.8 Å². The first-order chi connectivity index (χ1) is 15.7. The molecule has 0 N–H and O–H groups in total. The first-order valence-corrected chi connectivity index (χ1v) is 11.1. The van der Waals surface area contributed by atoms with E-state index in [9.17, 15) is 0 Å². The van der Waals surface area contributed by atoms with E-state index in [-0.39, 0.29) is 0 Å². The van der Waals surface area contributed by atoms with Crippen LogP contribution in [0.25, 0.3) is 17.3 Å². The number of hydrogen-bond acceptors (Lipinski definition) is 5. The molecule has 166 valence electrons. The summed E-state index contributed by atoms with van der Waals surface area (Å²) in [5.41, 5.74) is 1.76. The molecule has 0 bridgehead atoms. The monoisotopic (exact) mass is 451 g/mol. The molecule has 32 heavy (non-hydrogen) atoms. The first-order valence-electron chi connectivity index (χ1n) is 10.8. The van der Waals surface area contributed by atoms with E-state index in [0.717, 1.165) is 47.2 Å². The van der Waals surface area contributed by atoms with Crippen LogP contribution in [0.15, 0.2) is 65.3 Å². The van der Waals surface area contributed by atoms with Gasteiger partial charge in [0.1, 0.15) is 17.3 Å². The summed E-state index contributed by atoms with van der Waals surface area (Å²) in [5.74, 6) is 3.14. The minimum absolute atomic E-state index is 0.499. The third-order valence-corrected chi connectivity index (χ3v) is 5.20. The van der Waals surface area contributed by atoms with Crippen LogP contribution in [0.5, 0.6) is 11.5 Å². The molecule has 0 amide bonds. The van der Waals surface area contributed by atoms with Gasteiger partial charge in [0.05, 0.1) is 13.2 Å². The maximum Gasteiger partial charge on any atom is 0.307 e. The highest BCUT2D eigenvalue weighted by atomic mass is 35.5. The van der Waals surface area contributed by atoms with E-state index < -0.39 is 0 Å². The predicted octanol–water partition coefficient (Wildman–Crippen LogP) is 6.29. The van der Waals surface area contributed by atoms with E-state index in [2.05, 4.69) is 11.9 Å².